The predicted octanol–water partition coefficient (Wildman–Crippen LogP) is 2.21. The molecule has 2 aromatic rings. The van der Waals surface area contributed by atoms with Crippen molar-refractivity contribution in [3.63, 3.8) is 0 Å². The highest BCUT2D eigenvalue weighted by Gasteiger charge is 2.27. The van der Waals surface area contributed by atoms with Crippen LogP contribution in [0.25, 0.3) is 0 Å². The van der Waals surface area contributed by atoms with E-state index in [1.165, 1.54) is 19.2 Å². The Bertz CT molecular complexity index is 1060. The van der Waals surface area contributed by atoms with Crippen LogP contribution in [-0.4, -0.2) is 45.4 Å². The van der Waals surface area contributed by atoms with E-state index in [0.29, 0.717) is 37.2 Å². The summed E-state index contributed by atoms with van der Waals surface area (Å²) in [6.07, 6.45) is 1.26. The Hall–Kier alpha value is -2.98. The number of rotatable bonds is 6. The second-order valence-electron chi connectivity index (χ2n) is 7.16. The molecule has 10 heteroatoms. The molecule has 0 bridgehead atoms. The Balaban J connectivity index is 1.71. The summed E-state index contributed by atoms with van der Waals surface area (Å²) in [5, 5.41) is 14.6. The highest BCUT2D eigenvalue weighted by Crippen LogP contribution is 2.32. The van der Waals surface area contributed by atoms with Crippen molar-refractivity contribution in [1.82, 2.24) is 10.0 Å². The number of anilines is 1. The van der Waals surface area contributed by atoms with Crippen molar-refractivity contribution in [3.8, 4) is 0 Å². The molecule has 1 aliphatic rings. The van der Waals surface area contributed by atoms with E-state index in [2.05, 4.69) is 10.0 Å². The molecule has 3 rings (SSSR count). The molecule has 1 fully saturated rings. The minimum atomic E-state index is -3.77. The van der Waals surface area contributed by atoms with Crippen LogP contribution in [0.2, 0.25) is 0 Å². The zero-order chi connectivity index (χ0) is 21.9. The van der Waals surface area contributed by atoms with Gasteiger partial charge in [0, 0.05) is 30.8 Å². The Kier molecular flexibility index (Phi) is 6.37. The second-order valence-corrected chi connectivity index (χ2v) is 9.05. The highest BCUT2D eigenvalue weighted by atomic mass is 32.2. The van der Waals surface area contributed by atoms with Gasteiger partial charge >= 0.3 is 0 Å². The van der Waals surface area contributed by atoms with E-state index >= 15 is 0 Å². The molecule has 0 unspecified atom stereocenters. The van der Waals surface area contributed by atoms with Crippen LogP contribution in [0, 0.1) is 17.0 Å². The topological polar surface area (TPSA) is 122 Å². The van der Waals surface area contributed by atoms with Gasteiger partial charge in [-0.3, -0.25) is 14.9 Å². The fourth-order valence-corrected chi connectivity index (χ4v) is 4.31. The van der Waals surface area contributed by atoms with Crippen molar-refractivity contribution in [3.05, 3.63) is 63.7 Å². The number of nitrogens with one attached hydrogen (secondary N) is 2. The fourth-order valence-electron chi connectivity index (χ4n) is 3.56. The molecule has 0 aliphatic carbocycles. The Morgan fingerprint density at radius 3 is 2.43 bits per heavy atom. The minimum Gasteiger partial charge on any atom is -0.366 e. The molecule has 2 aromatic carbocycles. The quantitative estimate of drug-likeness (QED) is 0.533. The molecular formula is C20H24N4O5S. The van der Waals surface area contributed by atoms with E-state index < -0.39 is 14.9 Å². The van der Waals surface area contributed by atoms with Crippen LogP contribution in [0.15, 0.2) is 47.4 Å². The first kappa shape index (κ1) is 21.7. The summed E-state index contributed by atoms with van der Waals surface area (Å²) in [5.74, 6) is -0.126. The lowest BCUT2D eigenvalue weighted by atomic mass is 10.0. The standard InChI is InChI=1S/C20H24N4O5S/c1-14-5-3-4-6-17(14)20(25)22-15-9-11-23(12-10-15)18-8-7-16(30(28,29)21-2)13-19(18)24(26)27/h3-8,13,15,21H,9-12H2,1-2H3,(H,22,25). The molecule has 1 saturated heterocycles. The maximum absolute atomic E-state index is 12.5. The van der Waals surface area contributed by atoms with E-state index in [4.69, 9.17) is 0 Å². The molecule has 2 N–H and O–H groups in total. The molecular weight excluding hydrogens is 408 g/mol. The third kappa shape index (κ3) is 4.60. The number of hydrogen-bond donors (Lipinski definition) is 2. The van der Waals surface area contributed by atoms with Crippen molar-refractivity contribution in [1.29, 1.82) is 0 Å². The van der Waals surface area contributed by atoms with E-state index in [1.807, 2.05) is 30.0 Å². The van der Waals surface area contributed by atoms with E-state index in [0.717, 1.165) is 11.6 Å². The molecule has 160 valence electrons. The number of nitrogens with zero attached hydrogens (tertiary/aromatic N) is 2. The van der Waals surface area contributed by atoms with Crippen LogP contribution < -0.4 is 14.9 Å². The van der Waals surface area contributed by atoms with Gasteiger partial charge in [0.05, 0.1) is 9.82 Å². The fraction of sp³-hybridized carbons (Fsp3) is 0.350. The first-order valence-electron chi connectivity index (χ1n) is 9.56. The average molecular weight is 433 g/mol. The lowest BCUT2D eigenvalue weighted by Gasteiger charge is -2.33. The van der Waals surface area contributed by atoms with Gasteiger partial charge in [0.25, 0.3) is 11.6 Å². The third-order valence-corrected chi connectivity index (χ3v) is 6.70. The molecule has 0 spiro atoms. The molecule has 30 heavy (non-hydrogen) atoms. The van der Waals surface area contributed by atoms with Crippen molar-refractivity contribution >= 4 is 27.3 Å². The maximum atomic E-state index is 12.5. The van der Waals surface area contributed by atoms with E-state index in [-0.39, 0.29) is 22.5 Å². The zero-order valence-electron chi connectivity index (χ0n) is 16.8. The lowest BCUT2D eigenvalue weighted by Crippen LogP contribution is -2.45. The van der Waals surface area contributed by atoms with Gasteiger partial charge in [-0.25, -0.2) is 13.1 Å². The summed E-state index contributed by atoms with van der Waals surface area (Å²) in [6.45, 7) is 2.91. The predicted molar refractivity (Wildman–Crippen MR) is 113 cm³/mol. The van der Waals surface area contributed by atoms with Gasteiger partial charge in [0.2, 0.25) is 10.0 Å². The van der Waals surface area contributed by atoms with Gasteiger partial charge in [0.1, 0.15) is 5.69 Å². The molecule has 0 saturated carbocycles. The van der Waals surface area contributed by atoms with E-state index in [1.54, 1.807) is 6.07 Å². The molecule has 0 atom stereocenters. The number of aryl methyl sites for hydroxylation is 1. The average Bonchev–Trinajstić information content (AvgIpc) is 2.74. The normalized spacial score (nSPS) is 15.1. The van der Waals surface area contributed by atoms with Crippen molar-refractivity contribution < 1.29 is 18.1 Å². The number of sulfonamides is 1. The summed E-state index contributed by atoms with van der Waals surface area (Å²) in [4.78, 5) is 25.2. The monoisotopic (exact) mass is 432 g/mol. The third-order valence-electron chi connectivity index (χ3n) is 5.28. The number of hydrogen-bond acceptors (Lipinski definition) is 6. The molecule has 1 aliphatic heterocycles. The number of carbonyl (C=O) groups excluding carboxylic acids is 1. The molecule has 9 nitrogen and oxygen atoms in total. The first-order valence-corrected chi connectivity index (χ1v) is 11.0. The van der Waals surface area contributed by atoms with Crippen LogP contribution in [-0.2, 0) is 10.0 Å². The maximum Gasteiger partial charge on any atom is 0.293 e. The summed E-state index contributed by atoms with van der Waals surface area (Å²) in [5.41, 5.74) is 1.66. The molecule has 0 aromatic heterocycles. The largest absolute Gasteiger partial charge is 0.366 e. The Morgan fingerprint density at radius 2 is 1.83 bits per heavy atom. The van der Waals surface area contributed by atoms with Crippen LogP contribution in [0.3, 0.4) is 0 Å². The van der Waals surface area contributed by atoms with Crippen molar-refractivity contribution in [2.24, 2.45) is 0 Å². The van der Waals surface area contributed by atoms with Crippen molar-refractivity contribution in [2.45, 2.75) is 30.7 Å². The summed E-state index contributed by atoms with van der Waals surface area (Å²) in [7, 11) is -2.52. The van der Waals surface area contributed by atoms with Crippen LogP contribution in [0.4, 0.5) is 11.4 Å². The second kappa shape index (κ2) is 8.80. The van der Waals surface area contributed by atoms with Gasteiger partial charge in [-0.2, -0.15) is 0 Å². The minimum absolute atomic E-state index is 0.0312. The van der Waals surface area contributed by atoms with Gasteiger partial charge < -0.3 is 10.2 Å². The summed E-state index contributed by atoms with van der Waals surface area (Å²) < 4.78 is 26.1. The number of carbonyl (C=O) groups is 1. The highest BCUT2D eigenvalue weighted by molar-refractivity contribution is 7.89. The molecule has 1 amide bonds. The van der Waals surface area contributed by atoms with Crippen molar-refractivity contribution in [2.75, 3.05) is 25.0 Å². The first-order chi connectivity index (χ1) is 14.2. The van der Waals surface area contributed by atoms with Gasteiger partial charge in [-0.05, 0) is 50.6 Å². The number of amides is 1. The SMILES string of the molecule is CNS(=O)(=O)c1ccc(N2CCC(NC(=O)c3ccccc3C)CC2)c([N+](=O)[O-])c1. The summed E-state index contributed by atoms with van der Waals surface area (Å²) in [6, 6.07) is 11.2. The van der Waals surface area contributed by atoms with Gasteiger partial charge in [-0.1, -0.05) is 18.2 Å². The zero-order valence-corrected chi connectivity index (χ0v) is 17.6. The number of nitro benzene ring substituents is 1. The Morgan fingerprint density at radius 1 is 1.17 bits per heavy atom. The van der Waals surface area contributed by atoms with Gasteiger partial charge in [-0.15, -0.1) is 0 Å². The van der Waals surface area contributed by atoms with E-state index in [9.17, 15) is 23.3 Å². The smallest absolute Gasteiger partial charge is 0.293 e. The molecule has 0 radical (unpaired) electrons. The summed E-state index contributed by atoms with van der Waals surface area (Å²) >= 11 is 0. The number of piperidine rings is 1. The van der Waals surface area contributed by atoms with Crippen LogP contribution >= 0.6 is 0 Å². The van der Waals surface area contributed by atoms with Gasteiger partial charge in [0.15, 0.2) is 0 Å². The molecule has 1 heterocycles. The van der Waals surface area contributed by atoms with Crippen LogP contribution in [0.5, 0.6) is 0 Å². The Labute approximate surface area is 175 Å². The number of benzene rings is 2. The van der Waals surface area contributed by atoms with Crippen LogP contribution in [0.1, 0.15) is 28.8 Å². The number of nitro groups is 1. The lowest BCUT2D eigenvalue weighted by molar-refractivity contribution is -0.384.